The molecule has 0 fully saturated rings. The maximum atomic E-state index is 11.3. The van der Waals surface area contributed by atoms with E-state index in [-0.39, 0.29) is 0 Å². The number of anilines is 1. The van der Waals surface area contributed by atoms with Crippen LogP contribution in [0.1, 0.15) is 11.1 Å². The fourth-order valence-electron chi connectivity index (χ4n) is 1.64. The van der Waals surface area contributed by atoms with Crippen LogP contribution >= 0.6 is 0 Å². The van der Waals surface area contributed by atoms with Crippen LogP contribution in [0.4, 0.5) is 5.82 Å². The highest BCUT2D eigenvalue weighted by Gasteiger charge is 2.06. The van der Waals surface area contributed by atoms with Crippen LogP contribution in [-0.4, -0.2) is 19.7 Å². The smallest absolute Gasteiger partial charge is 0.175 e. The maximum absolute atomic E-state index is 11.3. The van der Waals surface area contributed by atoms with Crippen molar-refractivity contribution in [3.63, 3.8) is 0 Å². The molecule has 0 saturated heterocycles. The lowest BCUT2D eigenvalue weighted by Crippen LogP contribution is -2.02. The van der Waals surface area contributed by atoms with Gasteiger partial charge in [0.15, 0.2) is 9.84 Å². The summed E-state index contributed by atoms with van der Waals surface area (Å²) in [7, 11) is -3.16. The summed E-state index contributed by atoms with van der Waals surface area (Å²) in [5.41, 5.74) is 1.47. The minimum atomic E-state index is -3.16. The van der Waals surface area contributed by atoms with Crippen LogP contribution in [0.25, 0.3) is 0 Å². The predicted molar refractivity (Wildman–Crippen MR) is 75.8 cm³/mol. The van der Waals surface area contributed by atoms with Crippen molar-refractivity contribution < 1.29 is 8.42 Å². The van der Waals surface area contributed by atoms with Gasteiger partial charge >= 0.3 is 0 Å². The van der Waals surface area contributed by atoms with Crippen LogP contribution in [0.2, 0.25) is 0 Å². The Morgan fingerprint density at radius 2 is 1.95 bits per heavy atom. The third-order valence-electron chi connectivity index (χ3n) is 2.71. The molecule has 2 aromatic rings. The van der Waals surface area contributed by atoms with Crippen LogP contribution in [-0.2, 0) is 16.4 Å². The van der Waals surface area contributed by atoms with Gasteiger partial charge in [-0.2, -0.15) is 5.26 Å². The Balaban J connectivity index is 2.06. The van der Waals surface area contributed by atoms with Gasteiger partial charge in [0.25, 0.3) is 0 Å². The van der Waals surface area contributed by atoms with Crippen molar-refractivity contribution in [2.24, 2.45) is 0 Å². The second kappa shape index (κ2) is 5.72. The Labute approximate surface area is 117 Å². The number of sulfone groups is 1. The number of nitriles is 1. The molecule has 5 nitrogen and oxygen atoms in total. The van der Waals surface area contributed by atoms with Crippen LogP contribution < -0.4 is 5.32 Å². The lowest BCUT2D eigenvalue weighted by Gasteiger charge is -2.06. The minimum Gasteiger partial charge on any atom is -0.366 e. The number of rotatable bonds is 4. The van der Waals surface area contributed by atoms with Crippen LogP contribution in [0.5, 0.6) is 0 Å². The maximum Gasteiger partial charge on any atom is 0.175 e. The summed E-state index contributed by atoms with van der Waals surface area (Å²) in [6, 6.07) is 12.0. The molecule has 0 aliphatic rings. The van der Waals surface area contributed by atoms with Crippen molar-refractivity contribution in [1.82, 2.24) is 4.98 Å². The van der Waals surface area contributed by atoms with Gasteiger partial charge in [0.05, 0.1) is 16.5 Å². The Morgan fingerprint density at radius 3 is 2.55 bits per heavy atom. The van der Waals surface area contributed by atoms with E-state index in [1.807, 2.05) is 6.07 Å². The second-order valence-corrected chi connectivity index (χ2v) is 6.33. The fraction of sp³-hybridized carbons (Fsp3) is 0.143. The van der Waals surface area contributed by atoms with Gasteiger partial charge in [-0.15, -0.1) is 0 Å². The van der Waals surface area contributed by atoms with Gasteiger partial charge in [0.2, 0.25) is 0 Å². The van der Waals surface area contributed by atoms with Gasteiger partial charge in [0.1, 0.15) is 5.82 Å². The number of hydrogen-bond acceptors (Lipinski definition) is 5. The number of hydrogen-bond donors (Lipinski definition) is 1. The lowest BCUT2D eigenvalue weighted by atomic mass is 10.2. The number of aromatic nitrogens is 1. The Hall–Kier alpha value is -2.39. The van der Waals surface area contributed by atoms with Crippen molar-refractivity contribution in [2.75, 3.05) is 11.6 Å². The molecule has 102 valence electrons. The van der Waals surface area contributed by atoms with E-state index in [1.165, 1.54) is 6.26 Å². The lowest BCUT2D eigenvalue weighted by molar-refractivity contribution is 0.602. The Morgan fingerprint density at radius 1 is 1.25 bits per heavy atom. The highest BCUT2D eigenvalue weighted by atomic mass is 32.2. The highest BCUT2D eigenvalue weighted by molar-refractivity contribution is 7.90. The fourth-order valence-corrected chi connectivity index (χ4v) is 2.27. The molecule has 0 atom stereocenters. The van der Waals surface area contributed by atoms with Crippen molar-refractivity contribution in [3.8, 4) is 6.07 Å². The highest BCUT2D eigenvalue weighted by Crippen LogP contribution is 2.12. The van der Waals surface area contributed by atoms with Gasteiger partial charge < -0.3 is 5.32 Å². The summed E-state index contributed by atoms with van der Waals surface area (Å²) in [6.07, 6.45) is 2.74. The largest absolute Gasteiger partial charge is 0.366 e. The molecule has 20 heavy (non-hydrogen) atoms. The average molecular weight is 287 g/mol. The molecule has 0 spiro atoms. The van der Waals surface area contributed by atoms with E-state index in [9.17, 15) is 8.42 Å². The third kappa shape index (κ3) is 3.56. The van der Waals surface area contributed by atoms with E-state index < -0.39 is 9.84 Å². The molecule has 1 N–H and O–H groups in total. The van der Waals surface area contributed by atoms with Gasteiger partial charge in [-0.25, -0.2) is 13.4 Å². The minimum absolute atomic E-state index is 0.297. The first-order valence-electron chi connectivity index (χ1n) is 5.88. The number of nitrogens with one attached hydrogen (secondary N) is 1. The van der Waals surface area contributed by atoms with E-state index in [0.29, 0.717) is 22.8 Å². The summed E-state index contributed by atoms with van der Waals surface area (Å²) in [5.74, 6) is 0.608. The van der Waals surface area contributed by atoms with Crippen molar-refractivity contribution >= 4 is 15.7 Å². The average Bonchev–Trinajstić information content (AvgIpc) is 2.45. The Bertz CT molecular complexity index is 747. The first-order valence-corrected chi connectivity index (χ1v) is 7.77. The zero-order chi connectivity index (χ0) is 14.6. The van der Waals surface area contributed by atoms with Crippen LogP contribution in [0.15, 0.2) is 47.5 Å². The number of pyridine rings is 1. The number of nitrogens with zero attached hydrogens (tertiary/aromatic N) is 2. The standard InChI is InChI=1S/C14H13N3O2S/c1-20(18,19)13-4-2-11(3-5-13)10-17-14-8-12(9-15)6-7-16-14/h2-8H,10H2,1H3,(H,16,17). The summed E-state index contributed by atoms with van der Waals surface area (Å²) in [5, 5.41) is 11.9. The molecular weight excluding hydrogens is 274 g/mol. The van der Waals surface area contributed by atoms with Gasteiger partial charge in [-0.05, 0) is 29.8 Å². The van der Waals surface area contributed by atoms with Gasteiger partial charge in [-0.1, -0.05) is 12.1 Å². The van der Waals surface area contributed by atoms with Crippen LogP contribution in [0, 0.1) is 11.3 Å². The molecule has 0 aliphatic carbocycles. The van der Waals surface area contributed by atoms with Crippen molar-refractivity contribution in [3.05, 3.63) is 53.7 Å². The predicted octanol–water partition coefficient (Wildman–Crippen LogP) is 1.97. The molecule has 0 amide bonds. The Kier molecular flexibility index (Phi) is 4.01. The molecule has 2 rings (SSSR count). The van der Waals surface area contributed by atoms with Crippen molar-refractivity contribution in [1.29, 1.82) is 5.26 Å². The summed E-state index contributed by atoms with van der Waals surface area (Å²) in [4.78, 5) is 4.40. The molecule has 0 saturated carbocycles. The topological polar surface area (TPSA) is 82.9 Å². The summed E-state index contributed by atoms with van der Waals surface area (Å²) >= 11 is 0. The molecule has 1 aromatic heterocycles. The molecule has 0 aliphatic heterocycles. The van der Waals surface area contributed by atoms with E-state index in [4.69, 9.17) is 5.26 Å². The molecule has 6 heteroatoms. The monoisotopic (exact) mass is 287 g/mol. The molecule has 0 radical (unpaired) electrons. The number of benzene rings is 1. The van der Waals surface area contributed by atoms with E-state index in [2.05, 4.69) is 10.3 Å². The molecule has 1 aromatic carbocycles. The van der Waals surface area contributed by atoms with Crippen LogP contribution in [0.3, 0.4) is 0 Å². The molecule has 0 bridgehead atoms. The van der Waals surface area contributed by atoms with Crippen molar-refractivity contribution in [2.45, 2.75) is 11.4 Å². The summed E-state index contributed by atoms with van der Waals surface area (Å²) in [6.45, 7) is 0.506. The molecule has 1 heterocycles. The third-order valence-corrected chi connectivity index (χ3v) is 3.84. The second-order valence-electron chi connectivity index (χ2n) is 4.31. The summed E-state index contributed by atoms with van der Waals surface area (Å²) < 4.78 is 22.7. The normalized spacial score (nSPS) is 10.8. The van der Waals surface area contributed by atoms with Gasteiger partial charge in [0, 0.05) is 19.0 Å². The van der Waals surface area contributed by atoms with E-state index in [1.54, 1.807) is 42.6 Å². The SMILES string of the molecule is CS(=O)(=O)c1ccc(CNc2cc(C#N)ccn2)cc1. The van der Waals surface area contributed by atoms with Gasteiger partial charge in [-0.3, -0.25) is 0 Å². The zero-order valence-electron chi connectivity index (χ0n) is 10.9. The first-order chi connectivity index (χ1) is 9.49. The van der Waals surface area contributed by atoms with E-state index in [0.717, 1.165) is 5.56 Å². The quantitative estimate of drug-likeness (QED) is 0.929. The van der Waals surface area contributed by atoms with E-state index >= 15 is 0 Å². The molecular formula is C14H13N3O2S. The first kappa shape index (κ1) is 14.0. The zero-order valence-corrected chi connectivity index (χ0v) is 11.7. The molecule has 0 unspecified atom stereocenters.